The zero-order valence-electron chi connectivity index (χ0n) is 12.2. The number of amides is 1. The number of carbonyl (C=O) groups is 1. The first-order valence-corrected chi connectivity index (χ1v) is 8.42. The Labute approximate surface area is 124 Å². The van der Waals surface area contributed by atoms with E-state index in [2.05, 4.69) is 5.32 Å². The van der Waals surface area contributed by atoms with Gasteiger partial charge in [-0.1, -0.05) is 24.3 Å². The second-order valence-electron chi connectivity index (χ2n) is 4.86. The highest BCUT2D eigenvalue weighted by Gasteiger charge is 2.30. The van der Waals surface area contributed by atoms with Crippen LogP contribution in [0.2, 0.25) is 0 Å². The zero-order valence-corrected chi connectivity index (χ0v) is 13.1. The molecule has 1 atom stereocenters. The Morgan fingerprint density at radius 3 is 2.52 bits per heavy atom. The van der Waals surface area contributed by atoms with Crippen LogP contribution in [-0.2, 0) is 13.6 Å². The molecule has 0 heterocycles. The molecule has 1 aliphatic rings. The highest BCUT2D eigenvalue weighted by Crippen LogP contribution is 2.57. The number of allylic oxidation sites excluding steroid dienone is 1. The molecule has 1 unspecified atom stereocenters. The van der Waals surface area contributed by atoms with Crippen molar-refractivity contribution in [1.29, 1.82) is 0 Å². The van der Waals surface area contributed by atoms with Gasteiger partial charge in [-0.3, -0.25) is 9.36 Å². The lowest BCUT2D eigenvalue weighted by atomic mass is 10.0. The second-order valence-corrected chi connectivity index (χ2v) is 7.16. The van der Waals surface area contributed by atoms with Gasteiger partial charge in [-0.2, -0.15) is 0 Å². The van der Waals surface area contributed by atoms with Crippen LogP contribution in [0.5, 0.6) is 0 Å². The zero-order chi connectivity index (χ0) is 15.3. The molecule has 1 aliphatic carbocycles. The molecule has 0 fully saturated rings. The fourth-order valence-corrected chi connectivity index (χ4v) is 3.81. The van der Waals surface area contributed by atoms with Crippen LogP contribution in [0.25, 0.3) is 0 Å². The molecule has 0 saturated heterocycles. The lowest BCUT2D eigenvalue weighted by Gasteiger charge is -2.25. The number of hydrogen-bond donors (Lipinski definition) is 1. The summed E-state index contributed by atoms with van der Waals surface area (Å²) in [4.78, 5) is 12.1. The number of rotatable bonds is 5. The minimum Gasteiger partial charge on any atom is -0.346 e. The Bertz CT molecular complexity index is 562. The maximum absolute atomic E-state index is 12.4. The van der Waals surface area contributed by atoms with Gasteiger partial charge in [-0.15, -0.1) is 0 Å². The third kappa shape index (κ3) is 3.82. The predicted molar refractivity (Wildman–Crippen MR) is 81.3 cm³/mol. The first-order chi connectivity index (χ1) is 10.1. The summed E-state index contributed by atoms with van der Waals surface area (Å²) in [6.07, 6.45) is 4.12. The topological polar surface area (TPSA) is 64.6 Å². The first-order valence-electron chi connectivity index (χ1n) is 6.88. The first kappa shape index (κ1) is 16.0. The summed E-state index contributed by atoms with van der Waals surface area (Å²) in [5.41, 5.74) is 0.611. The number of carbonyl (C=O) groups excluding carboxylic acids is 1. The monoisotopic (exact) mass is 309 g/mol. The van der Waals surface area contributed by atoms with Crippen LogP contribution in [0, 0.1) is 0 Å². The van der Waals surface area contributed by atoms with E-state index in [4.69, 9.17) is 9.05 Å². The molecule has 0 aliphatic heterocycles. The summed E-state index contributed by atoms with van der Waals surface area (Å²) in [6, 6.07) is 8.88. The van der Waals surface area contributed by atoms with Crippen molar-refractivity contribution < 1.29 is 18.4 Å². The molecule has 0 radical (unpaired) electrons. The van der Waals surface area contributed by atoms with Crippen LogP contribution >= 0.6 is 7.60 Å². The van der Waals surface area contributed by atoms with E-state index in [0.29, 0.717) is 17.3 Å². The Hall–Kier alpha value is -1.42. The molecule has 0 aromatic heterocycles. The van der Waals surface area contributed by atoms with Crippen molar-refractivity contribution in [3.63, 3.8) is 0 Å². The molecule has 0 saturated carbocycles. The van der Waals surface area contributed by atoms with E-state index >= 15 is 0 Å². The van der Waals surface area contributed by atoms with Gasteiger partial charge < -0.3 is 14.4 Å². The predicted octanol–water partition coefficient (Wildman–Crippen LogP) is 3.34. The molecule has 6 heteroatoms. The van der Waals surface area contributed by atoms with Gasteiger partial charge in [0.15, 0.2) is 0 Å². The van der Waals surface area contributed by atoms with Crippen molar-refractivity contribution in [1.82, 2.24) is 5.32 Å². The number of nitrogens with one attached hydrogen (secondary N) is 1. The minimum atomic E-state index is -3.20. The van der Waals surface area contributed by atoms with E-state index in [1.165, 1.54) is 14.2 Å². The Kier molecular flexibility index (Phi) is 5.34. The van der Waals surface area contributed by atoms with Crippen LogP contribution < -0.4 is 5.32 Å². The molecule has 21 heavy (non-hydrogen) atoms. The van der Waals surface area contributed by atoms with Crippen molar-refractivity contribution >= 4 is 13.5 Å². The third-order valence-corrected chi connectivity index (χ3v) is 5.56. The second kappa shape index (κ2) is 7.03. The van der Waals surface area contributed by atoms with Gasteiger partial charge >= 0.3 is 7.60 Å². The Morgan fingerprint density at radius 1 is 1.24 bits per heavy atom. The van der Waals surface area contributed by atoms with Gasteiger partial charge in [0.05, 0.1) is 0 Å². The summed E-state index contributed by atoms with van der Waals surface area (Å²) >= 11 is 0. The number of benzene rings is 1. The normalized spacial score (nSPS) is 19.0. The van der Waals surface area contributed by atoms with Crippen LogP contribution in [0.15, 0.2) is 41.7 Å². The molecular weight excluding hydrogens is 289 g/mol. The van der Waals surface area contributed by atoms with E-state index in [-0.39, 0.29) is 11.9 Å². The van der Waals surface area contributed by atoms with Gasteiger partial charge in [0.2, 0.25) is 0 Å². The lowest BCUT2D eigenvalue weighted by Crippen LogP contribution is -2.34. The van der Waals surface area contributed by atoms with Crippen molar-refractivity contribution in [2.45, 2.75) is 25.3 Å². The molecule has 1 aromatic rings. The van der Waals surface area contributed by atoms with Crippen LogP contribution in [-0.4, -0.2) is 26.2 Å². The Morgan fingerprint density at radius 2 is 1.90 bits per heavy atom. The van der Waals surface area contributed by atoms with E-state index in [0.717, 1.165) is 12.8 Å². The lowest BCUT2D eigenvalue weighted by molar-refractivity contribution is 0.0941. The summed E-state index contributed by atoms with van der Waals surface area (Å²) in [6.45, 7) is 0. The van der Waals surface area contributed by atoms with Gasteiger partial charge in [0, 0.05) is 31.1 Å². The summed E-state index contributed by atoms with van der Waals surface area (Å²) < 4.78 is 22.4. The van der Waals surface area contributed by atoms with E-state index in [9.17, 15) is 9.36 Å². The number of hydrogen-bond acceptors (Lipinski definition) is 4. The minimum absolute atomic E-state index is 0.136. The summed E-state index contributed by atoms with van der Waals surface area (Å²) in [7, 11) is -0.455. The van der Waals surface area contributed by atoms with Crippen LogP contribution in [0.3, 0.4) is 0 Å². The fourth-order valence-electron chi connectivity index (χ4n) is 2.39. The van der Waals surface area contributed by atoms with Crippen molar-refractivity contribution in [2.75, 3.05) is 14.2 Å². The van der Waals surface area contributed by atoms with Gasteiger partial charge in [0.1, 0.15) is 0 Å². The maximum Gasteiger partial charge on any atom is 0.356 e. The molecule has 1 N–H and O–H groups in total. The highest BCUT2D eigenvalue weighted by atomic mass is 31.2. The molecule has 0 spiro atoms. The van der Waals surface area contributed by atoms with Crippen LogP contribution in [0.1, 0.15) is 29.6 Å². The maximum atomic E-state index is 12.4. The third-order valence-electron chi connectivity index (χ3n) is 3.53. The van der Waals surface area contributed by atoms with E-state index in [1.807, 2.05) is 18.2 Å². The smallest absolute Gasteiger partial charge is 0.346 e. The summed E-state index contributed by atoms with van der Waals surface area (Å²) in [5, 5.41) is 3.57. The van der Waals surface area contributed by atoms with Gasteiger partial charge in [-0.25, -0.2) is 0 Å². The van der Waals surface area contributed by atoms with Gasteiger partial charge in [-0.05, 0) is 31.4 Å². The molecule has 2 rings (SSSR count). The molecular formula is C15H20NO4P. The molecule has 0 bridgehead atoms. The van der Waals surface area contributed by atoms with Crippen molar-refractivity contribution in [2.24, 2.45) is 0 Å². The average Bonchev–Trinajstić information content (AvgIpc) is 2.55. The highest BCUT2D eigenvalue weighted by molar-refractivity contribution is 7.58. The van der Waals surface area contributed by atoms with Crippen LogP contribution in [0.4, 0.5) is 0 Å². The standard InChI is InChI=1S/C15H20NO4P/c1-19-21(18,20-2)14-10-6-9-13(11-14)16-15(17)12-7-4-3-5-8-12/h3-5,7-8,11,13H,6,9-10H2,1-2H3,(H,16,17). The molecule has 1 amide bonds. The SMILES string of the molecule is COP(=O)(OC)C1=CC(NC(=O)c2ccccc2)CCC1. The van der Waals surface area contributed by atoms with Gasteiger partial charge in [0.25, 0.3) is 5.91 Å². The summed E-state index contributed by atoms with van der Waals surface area (Å²) in [5.74, 6) is -0.136. The molecule has 5 nitrogen and oxygen atoms in total. The largest absolute Gasteiger partial charge is 0.356 e. The van der Waals surface area contributed by atoms with E-state index in [1.54, 1.807) is 18.2 Å². The van der Waals surface area contributed by atoms with E-state index < -0.39 is 7.60 Å². The molecule has 114 valence electrons. The Balaban J connectivity index is 2.11. The van der Waals surface area contributed by atoms with Crippen molar-refractivity contribution in [3.8, 4) is 0 Å². The fraction of sp³-hybridized carbons (Fsp3) is 0.400. The average molecular weight is 309 g/mol. The quantitative estimate of drug-likeness (QED) is 0.847. The molecule has 1 aromatic carbocycles. The van der Waals surface area contributed by atoms with Crippen molar-refractivity contribution in [3.05, 3.63) is 47.3 Å².